The molecule has 0 bridgehead atoms. The average Bonchev–Trinajstić information content (AvgIpc) is 3.20. The van der Waals surface area contributed by atoms with E-state index in [0.29, 0.717) is 23.7 Å². The molecule has 3 rings (SSSR count). The maximum Gasteiger partial charge on any atom is 0.303 e. The van der Waals surface area contributed by atoms with Crippen LogP contribution in [-0.4, -0.2) is 39.9 Å². The number of unbranched alkanes of at least 4 members (excludes halogenated alkanes) is 1. The molecule has 248 valence electrons. The van der Waals surface area contributed by atoms with Crippen molar-refractivity contribution < 1.29 is 18.8 Å². The number of carboxylic acids is 1. The van der Waals surface area contributed by atoms with Gasteiger partial charge in [-0.1, -0.05) is 91.5 Å². The Labute approximate surface area is 268 Å². The van der Waals surface area contributed by atoms with E-state index in [4.69, 9.17) is 14.0 Å². The highest BCUT2D eigenvalue weighted by molar-refractivity contribution is 6.74. The number of carbonyl (C=O) groups is 1. The van der Waals surface area contributed by atoms with Crippen LogP contribution in [0.5, 0.6) is 0 Å². The minimum atomic E-state index is -1.88. The molecule has 3 aliphatic carbocycles. The number of rotatable bonds is 11. The van der Waals surface area contributed by atoms with E-state index in [1.54, 1.807) is 5.57 Å². The number of hydrogen-bond acceptors (Lipinski definition) is 3. The van der Waals surface area contributed by atoms with Crippen LogP contribution in [0.2, 0.25) is 36.3 Å². The SMILES string of the molecule is C[C@@H](CCCCC(=O)O)[C@H]1CC[C@H]2/C(=C/C=C3C[C@@H](O[Si](C)(C)C(C)(C)C)C[C@H](O[Si](C)(C)C(C)(C)C)C3)CCC[C@]12C. The predicted molar refractivity (Wildman–Crippen MR) is 188 cm³/mol. The minimum absolute atomic E-state index is 0.199. The Morgan fingerprint density at radius 1 is 0.953 bits per heavy atom. The van der Waals surface area contributed by atoms with E-state index in [0.717, 1.165) is 44.4 Å². The molecule has 0 amide bonds. The summed E-state index contributed by atoms with van der Waals surface area (Å²) in [6, 6.07) is 0. The van der Waals surface area contributed by atoms with Crippen molar-refractivity contribution in [3.8, 4) is 0 Å². The molecule has 0 radical (unpaired) electrons. The molecule has 1 N–H and O–H groups in total. The topological polar surface area (TPSA) is 55.8 Å². The Hall–Kier alpha value is -0.696. The van der Waals surface area contributed by atoms with Crippen molar-refractivity contribution in [2.45, 2.75) is 181 Å². The molecule has 6 heteroatoms. The molecule has 3 aliphatic rings. The smallest absolute Gasteiger partial charge is 0.303 e. The average molecular weight is 633 g/mol. The fraction of sp³-hybridized carbons (Fsp3) is 0.865. The van der Waals surface area contributed by atoms with Crippen molar-refractivity contribution in [3.05, 3.63) is 23.3 Å². The first kappa shape index (κ1) is 36.8. The zero-order valence-corrected chi connectivity index (χ0v) is 32.2. The summed E-state index contributed by atoms with van der Waals surface area (Å²) in [5, 5.41) is 9.43. The van der Waals surface area contributed by atoms with Gasteiger partial charge in [-0.25, -0.2) is 0 Å². The largest absolute Gasteiger partial charge is 0.481 e. The van der Waals surface area contributed by atoms with Gasteiger partial charge >= 0.3 is 5.97 Å². The summed E-state index contributed by atoms with van der Waals surface area (Å²) in [5.41, 5.74) is 3.57. The summed E-state index contributed by atoms with van der Waals surface area (Å²) in [4.78, 5) is 11.0. The first-order chi connectivity index (χ1) is 19.7. The molecule has 0 saturated heterocycles. The monoisotopic (exact) mass is 632 g/mol. The quantitative estimate of drug-likeness (QED) is 0.182. The van der Waals surface area contributed by atoms with Crippen molar-refractivity contribution >= 4 is 22.6 Å². The van der Waals surface area contributed by atoms with Crippen LogP contribution >= 0.6 is 0 Å². The fourth-order valence-corrected chi connectivity index (χ4v) is 10.7. The van der Waals surface area contributed by atoms with Gasteiger partial charge in [0.1, 0.15) is 0 Å². The van der Waals surface area contributed by atoms with E-state index in [-0.39, 0.29) is 22.3 Å². The molecule has 43 heavy (non-hydrogen) atoms. The standard InChI is InChI=1S/C37H68O4Si2/c1-27(16-13-14-18-34(38)39)32-21-22-33-29(17-15-23-37(32,33)8)20-19-28-24-30(40-42(9,10)35(2,3)4)26-31(25-28)41-43(11,12)36(5,6)7/h19-20,27,30-33H,13-18,21-26H2,1-12H3,(H,38,39)/b29-20+/t27-,30+,31+,32+,33-,37+/m0/s1. The van der Waals surface area contributed by atoms with Gasteiger partial charge in [-0.3, -0.25) is 4.79 Å². The summed E-state index contributed by atoms with van der Waals surface area (Å²) in [6.07, 6.45) is 18.4. The van der Waals surface area contributed by atoms with Crippen LogP contribution < -0.4 is 0 Å². The molecule has 0 heterocycles. The second-order valence-electron chi connectivity index (χ2n) is 17.9. The highest BCUT2D eigenvalue weighted by Crippen LogP contribution is 2.60. The van der Waals surface area contributed by atoms with Crippen molar-refractivity contribution in [2.75, 3.05) is 0 Å². The molecule has 0 spiro atoms. The van der Waals surface area contributed by atoms with Gasteiger partial charge in [0.15, 0.2) is 16.6 Å². The molecule has 6 atom stereocenters. The summed E-state index contributed by atoms with van der Waals surface area (Å²) >= 11 is 0. The predicted octanol–water partition coefficient (Wildman–Crippen LogP) is 11.3. The number of hydrogen-bond donors (Lipinski definition) is 1. The van der Waals surface area contributed by atoms with Gasteiger partial charge in [0.25, 0.3) is 0 Å². The highest BCUT2D eigenvalue weighted by Gasteiger charge is 2.50. The third-order valence-electron chi connectivity index (χ3n) is 12.6. The third kappa shape index (κ3) is 9.19. The van der Waals surface area contributed by atoms with E-state index >= 15 is 0 Å². The lowest BCUT2D eigenvalue weighted by atomic mass is 9.60. The molecular formula is C37H68O4Si2. The van der Waals surface area contributed by atoms with E-state index in [1.807, 2.05) is 0 Å². The van der Waals surface area contributed by atoms with Crippen LogP contribution in [0, 0.1) is 23.2 Å². The molecule has 4 nitrogen and oxygen atoms in total. The lowest BCUT2D eigenvalue weighted by Gasteiger charge is -2.45. The third-order valence-corrected chi connectivity index (χ3v) is 21.7. The Kier molecular flexibility index (Phi) is 11.9. The first-order valence-electron chi connectivity index (χ1n) is 17.6. The number of carboxylic acid groups (broad SMARTS) is 1. The van der Waals surface area contributed by atoms with E-state index < -0.39 is 22.6 Å². The number of aliphatic carboxylic acids is 1. The van der Waals surface area contributed by atoms with Gasteiger partial charge in [0.05, 0.1) is 12.2 Å². The highest BCUT2D eigenvalue weighted by atomic mass is 28.4. The molecule has 0 aromatic carbocycles. The van der Waals surface area contributed by atoms with Gasteiger partial charge in [0, 0.05) is 6.42 Å². The van der Waals surface area contributed by atoms with Crippen molar-refractivity contribution in [2.24, 2.45) is 23.2 Å². The number of allylic oxidation sites excluding steroid dienone is 3. The molecule has 0 aromatic heterocycles. The Morgan fingerprint density at radius 2 is 1.51 bits per heavy atom. The van der Waals surface area contributed by atoms with Crippen LogP contribution in [0.4, 0.5) is 0 Å². The summed E-state index contributed by atoms with van der Waals surface area (Å²) in [6.45, 7) is 28.7. The summed E-state index contributed by atoms with van der Waals surface area (Å²) in [7, 11) is -3.76. The fourth-order valence-electron chi connectivity index (χ4n) is 8.01. The Bertz CT molecular complexity index is 977. The van der Waals surface area contributed by atoms with Crippen LogP contribution in [-0.2, 0) is 13.6 Å². The second kappa shape index (κ2) is 14.0. The lowest BCUT2D eigenvalue weighted by Crippen LogP contribution is -2.48. The summed E-state index contributed by atoms with van der Waals surface area (Å²) in [5.74, 6) is 1.44. The minimum Gasteiger partial charge on any atom is -0.481 e. The van der Waals surface area contributed by atoms with Crippen LogP contribution in [0.3, 0.4) is 0 Å². The number of fused-ring (bicyclic) bond motifs is 1. The molecular weight excluding hydrogens is 565 g/mol. The first-order valence-corrected chi connectivity index (χ1v) is 23.4. The summed E-state index contributed by atoms with van der Waals surface area (Å²) < 4.78 is 14.1. The maximum atomic E-state index is 11.0. The van der Waals surface area contributed by atoms with Crippen molar-refractivity contribution in [3.63, 3.8) is 0 Å². The van der Waals surface area contributed by atoms with E-state index in [1.165, 1.54) is 37.7 Å². The molecule has 0 unspecified atom stereocenters. The normalized spacial score (nSPS) is 30.8. The maximum absolute atomic E-state index is 11.0. The van der Waals surface area contributed by atoms with Crippen LogP contribution in [0.15, 0.2) is 23.3 Å². The van der Waals surface area contributed by atoms with Crippen molar-refractivity contribution in [1.29, 1.82) is 0 Å². The van der Waals surface area contributed by atoms with Gasteiger partial charge in [0.2, 0.25) is 0 Å². The molecule has 0 aromatic rings. The Morgan fingerprint density at radius 3 is 2.02 bits per heavy atom. The molecule has 3 fully saturated rings. The lowest BCUT2D eigenvalue weighted by molar-refractivity contribution is -0.137. The zero-order valence-electron chi connectivity index (χ0n) is 30.2. The Balaban J connectivity index is 1.79. The van der Waals surface area contributed by atoms with E-state index in [2.05, 4.69) is 93.7 Å². The van der Waals surface area contributed by atoms with Crippen molar-refractivity contribution in [1.82, 2.24) is 0 Å². The van der Waals surface area contributed by atoms with Gasteiger partial charge in [-0.15, -0.1) is 0 Å². The second-order valence-corrected chi connectivity index (χ2v) is 27.4. The van der Waals surface area contributed by atoms with Crippen LogP contribution in [0.1, 0.15) is 132 Å². The zero-order chi connectivity index (χ0) is 32.4. The molecule has 0 aliphatic heterocycles. The van der Waals surface area contributed by atoms with Crippen LogP contribution in [0.25, 0.3) is 0 Å². The van der Waals surface area contributed by atoms with Gasteiger partial charge in [-0.05, 0) is 117 Å². The van der Waals surface area contributed by atoms with E-state index in [9.17, 15) is 4.79 Å². The van der Waals surface area contributed by atoms with Gasteiger partial charge < -0.3 is 14.0 Å². The van der Waals surface area contributed by atoms with Gasteiger partial charge in [-0.2, -0.15) is 0 Å². The molecule has 3 saturated carbocycles.